The third-order valence-electron chi connectivity index (χ3n) is 2.66. The van der Waals surface area contributed by atoms with Gasteiger partial charge in [-0.1, -0.05) is 0 Å². The molecule has 1 fully saturated rings. The maximum atomic E-state index is 8.89. The van der Waals surface area contributed by atoms with Crippen molar-refractivity contribution in [3.63, 3.8) is 0 Å². The van der Waals surface area contributed by atoms with Crippen LogP contribution in [0, 0.1) is 17.2 Å². The van der Waals surface area contributed by atoms with Crippen LogP contribution in [0.4, 0.5) is 11.5 Å². The molecule has 90 valence electrons. The van der Waals surface area contributed by atoms with Gasteiger partial charge in [-0.25, -0.2) is 4.98 Å². The van der Waals surface area contributed by atoms with Crippen LogP contribution in [0.1, 0.15) is 18.4 Å². The normalized spacial score (nSPS) is 14.3. The van der Waals surface area contributed by atoms with Gasteiger partial charge in [0, 0.05) is 25.4 Å². The number of nitrogens with two attached hydrogens (primary N) is 1. The van der Waals surface area contributed by atoms with E-state index in [0.717, 1.165) is 18.2 Å². The fraction of sp³-hybridized carbons (Fsp3) is 0.500. The lowest BCUT2D eigenvalue weighted by Gasteiger charge is -2.08. The molecule has 0 atom stereocenters. The summed E-state index contributed by atoms with van der Waals surface area (Å²) in [5.74, 6) is 1.19. The number of anilines is 2. The Morgan fingerprint density at radius 1 is 1.59 bits per heavy atom. The lowest BCUT2D eigenvalue weighted by molar-refractivity contribution is 0.134. The van der Waals surface area contributed by atoms with Crippen LogP contribution in [0.15, 0.2) is 12.3 Å². The maximum absolute atomic E-state index is 8.89. The van der Waals surface area contributed by atoms with Crippen molar-refractivity contribution in [2.45, 2.75) is 12.8 Å². The summed E-state index contributed by atoms with van der Waals surface area (Å²) >= 11 is 0. The summed E-state index contributed by atoms with van der Waals surface area (Å²) in [6.07, 6.45) is 4.07. The molecule has 1 heterocycles. The van der Waals surface area contributed by atoms with Crippen LogP contribution in [0.3, 0.4) is 0 Å². The molecule has 0 bridgehead atoms. The number of rotatable bonds is 6. The van der Waals surface area contributed by atoms with Crippen molar-refractivity contribution >= 4 is 11.5 Å². The number of pyridine rings is 1. The molecule has 1 aliphatic carbocycles. The molecule has 5 nitrogen and oxygen atoms in total. The molecule has 2 rings (SSSR count). The van der Waals surface area contributed by atoms with E-state index in [-0.39, 0.29) is 0 Å². The summed E-state index contributed by atoms with van der Waals surface area (Å²) in [5.41, 5.74) is 6.79. The summed E-state index contributed by atoms with van der Waals surface area (Å²) in [4.78, 5) is 3.87. The number of hydrogen-bond acceptors (Lipinski definition) is 5. The van der Waals surface area contributed by atoms with E-state index in [0.29, 0.717) is 24.5 Å². The summed E-state index contributed by atoms with van der Waals surface area (Å²) in [6, 6.07) is 3.74. The minimum Gasteiger partial charge on any atom is -0.384 e. The Morgan fingerprint density at radius 2 is 2.41 bits per heavy atom. The molecule has 0 saturated heterocycles. The van der Waals surface area contributed by atoms with Crippen molar-refractivity contribution in [1.82, 2.24) is 4.98 Å². The first-order valence-electron chi connectivity index (χ1n) is 5.77. The largest absolute Gasteiger partial charge is 0.384 e. The van der Waals surface area contributed by atoms with Crippen LogP contribution >= 0.6 is 0 Å². The van der Waals surface area contributed by atoms with Crippen molar-refractivity contribution in [2.24, 2.45) is 5.92 Å². The zero-order valence-corrected chi connectivity index (χ0v) is 9.65. The van der Waals surface area contributed by atoms with Gasteiger partial charge in [-0.3, -0.25) is 0 Å². The summed E-state index contributed by atoms with van der Waals surface area (Å²) in [5, 5.41) is 12.0. The fourth-order valence-corrected chi connectivity index (χ4v) is 1.50. The van der Waals surface area contributed by atoms with Crippen LogP contribution in [-0.2, 0) is 4.74 Å². The van der Waals surface area contributed by atoms with Gasteiger partial charge in [0.05, 0.1) is 17.9 Å². The molecule has 1 aromatic heterocycles. The molecule has 1 aromatic rings. The van der Waals surface area contributed by atoms with Gasteiger partial charge in [0.25, 0.3) is 0 Å². The SMILES string of the molecule is N#Cc1cnc(N)cc1NCCOCC1CC1. The maximum Gasteiger partial charge on any atom is 0.125 e. The Kier molecular flexibility index (Phi) is 3.78. The molecule has 5 heteroatoms. The molecule has 0 amide bonds. The Labute approximate surface area is 101 Å². The molecule has 0 aromatic carbocycles. The first-order chi connectivity index (χ1) is 8.29. The van der Waals surface area contributed by atoms with Crippen molar-refractivity contribution in [1.29, 1.82) is 5.26 Å². The van der Waals surface area contributed by atoms with E-state index in [9.17, 15) is 0 Å². The molecular weight excluding hydrogens is 216 g/mol. The fourth-order valence-electron chi connectivity index (χ4n) is 1.50. The lowest BCUT2D eigenvalue weighted by atomic mass is 10.2. The second kappa shape index (κ2) is 5.51. The molecule has 17 heavy (non-hydrogen) atoms. The topological polar surface area (TPSA) is 84.0 Å². The minimum atomic E-state index is 0.408. The Balaban J connectivity index is 1.76. The molecule has 0 radical (unpaired) electrons. The molecule has 3 N–H and O–H groups in total. The van der Waals surface area contributed by atoms with E-state index in [4.69, 9.17) is 15.7 Å². The third kappa shape index (κ3) is 3.61. The highest BCUT2D eigenvalue weighted by Gasteiger charge is 2.20. The van der Waals surface area contributed by atoms with Gasteiger partial charge in [0.1, 0.15) is 11.9 Å². The number of nitriles is 1. The van der Waals surface area contributed by atoms with Crippen molar-refractivity contribution < 1.29 is 4.74 Å². The van der Waals surface area contributed by atoms with Gasteiger partial charge >= 0.3 is 0 Å². The van der Waals surface area contributed by atoms with E-state index < -0.39 is 0 Å². The van der Waals surface area contributed by atoms with Gasteiger partial charge in [-0.2, -0.15) is 5.26 Å². The van der Waals surface area contributed by atoms with Gasteiger partial charge < -0.3 is 15.8 Å². The second-order valence-electron chi connectivity index (χ2n) is 4.21. The lowest BCUT2D eigenvalue weighted by Crippen LogP contribution is -2.12. The Bertz CT molecular complexity index is 423. The van der Waals surface area contributed by atoms with Crippen molar-refractivity contribution in [2.75, 3.05) is 30.8 Å². The molecular formula is C12H16N4O. The van der Waals surface area contributed by atoms with Crippen molar-refractivity contribution in [3.05, 3.63) is 17.8 Å². The zero-order valence-electron chi connectivity index (χ0n) is 9.65. The van der Waals surface area contributed by atoms with Crippen LogP contribution in [0.2, 0.25) is 0 Å². The summed E-state index contributed by atoms with van der Waals surface area (Å²) in [7, 11) is 0. The van der Waals surface area contributed by atoms with E-state index in [1.165, 1.54) is 19.0 Å². The standard InChI is InChI=1S/C12H16N4O/c13-6-10-7-16-12(14)5-11(10)15-3-4-17-8-9-1-2-9/h5,7,9H,1-4,8H2,(H3,14,15,16). The van der Waals surface area contributed by atoms with Gasteiger partial charge in [-0.05, 0) is 18.8 Å². The van der Waals surface area contributed by atoms with E-state index >= 15 is 0 Å². The van der Waals surface area contributed by atoms with E-state index in [1.54, 1.807) is 6.07 Å². The molecule has 1 saturated carbocycles. The predicted octanol–water partition coefficient (Wildman–Crippen LogP) is 1.37. The smallest absolute Gasteiger partial charge is 0.125 e. The highest BCUT2D eigenvalue weighted by Crippen LogP contribution is 2.28. The first kappa shape index (κ1) is 11.7. The minimum absolute atomic E-state index is 0.408. The van der Waals surface area contributed by atoms with Crippen LogP contribution in [0.5, 0.6) is 0 Å². The van der Waals surface area contributed by atoms with E-state index in [2.05, 4.69) is 16.4 Å². The highest BCUT2D eigenvalue weighted by atomic mass is 16.5. The predicted molar refractivity (Wildman–Crippen MR) is 65.4 cm³/mol. The van der Waals surface area contributed by atoms with Crippen LogP contribution in [-0.4, -0.2) is 24.7 Å². The zero-order chi connectivity index (χ0) is 12.1. The second-order valence-corrected chi connectivity index (χ2v) is 4.21. The first-order valence-corrected chi connectivity index (χ1v) is 5.77. The van der Waals surface area contributed by atoms with Crippen LogP contribution in [0.25, 0.3) is 0 Å². The average molecular weight is 232 g/mol. The number of aromatic nitrogens is 1. The molecule has 0 unspecified atom stereocenters. The summed E-state index contributed by atoms with van der Waals surface area (Å²) in [6.45, 7) is 2.17. The summed E-state index contributed by atoms with van der Waals surface area (Å²) < 4.78 is 5.49. The molecule has 0 spiro atoms. The highest BCUT2D eigenvalue weighted by molar-refractivity contribution is 5.60. The van der Waals surface area contributed by atoms with Gasteiger partial charge in [0.2, 0.25) is 0 Å². The Morgan fingerprint density at radius 3 is 3.12 bits per heavy atom. The quantitative estimate of drug-likeness (QED) is 0.724. The monoisotopic (exact) mass is 232 g/mol. The van der Waals surface area contributed by atoms with Crippen molar-refractivity contribution in [3.8, 4) is 6.07 Å². The third-order valence-corrected chi connectivity index (χ3v) is 2.66. The molecule has 1 aliphatic rings. The Hall–Kier alpha value is -1.80. The number of nitrogens with zero attached hydrogens (tertiary/aromatic N) is 2. The number of nitrogen functional groups attached to an aromatic ring is 1. The number of nitrogens with one attached hydrogen (secondary N) is 1. The number of ether oxygens (including phenoxy) is 1. The van der Waals surface area contributed by atoms with E-state index in [1.807, 2.05) is 0 Å². The van der Waals surface area contributed by atoms with Crippen LogP contribution < -0.4 is 11.1 Å². The average Bonchev–Trinajstić information content (AvgIpc) is 3.13. The molecule has 0 aliphatic heterocycles. The number of hydrogen-bond donors (Lipinski definition) is 2. The van der Waals surface area contributed by atoms with Gasteiger partial charge in [-0.15, -0.1) is 0 Å². The van der Waals surface area contributed by atoms with Gasteiger partial charge in [0.15, 0.2) is 0 Å².